The Labute approximate surface area is 101 Å². The molecule has 0 amide bonds. The van der Waals surface area contributed by atoms with E-state index in [0.717, 1.165) is 0 Å². The van der Waals surface area contributed by atoms with E-state index in [-0.39, 0.29) is 12.5 Å². The number of hydrogen-bond donors (Lipinski definition) is 1. The fourth-order valence-corrected chi connectivity index (χ4v) is 1.85. The number of carboxylic acid groups (broad SMARTS) is 1. The Morgan fingerprint density at radius 3 is 2.87 bits per heavy atom. The minimum absolute atomic E-state index is 0.0327. The first-order valence-electron chi connectivity index (χ1n) is 4.32. The van der Waals surface area contributed by atoms with Gasteiger partial charge in [0, 0.05) is 5.02 Å². The van der Waals surface area contributed by atoms with E-state index < -0.39 is 5.97 Å². The molecule has 3 nitrogen and oxygen atoms in total. The number of halogens is 2. The van der Waals surface area contributed by atoms with Crippen LogP contribution in [0.15, 0.2) is 22.7 Å². The molecule has 0 aliphatic heterocycles. The summed E-state index contributed by atoms with van der Waals surface area (Å²) in [6.45, 7) is 1.70. The fourth-order valence-electron chi connectivity index (χ4n) is 1.08. The Hall–Kier alpha value is -0.740. The molecule has 1 rings (SSSR count). The zero-order chi connectivity index (χ0) is 11.4. The van der Waals surface area contributed by atoms with Gasteiger partial charge in [-0.05, 0) is 41.1 Å². The zero-order valence-electron chi connectivity index (χ0n) is 8.04. The first-order chi connectivity index (χ1) is 6.99. The van der Waals surface area contributed by atoms with Gasteiger partial charge in [-0.3, -0.25) is 4.79 Å². The van der Waals surface area contributed by atoms with Gasteiger partial charge in [0.25, 0.3) is 0 Å². The van der Waals surface area contributed by atoms with Crippen LogP contribution in [0.3, 0.4) is 0 Å². The number of ether oxygens (including phenoxy) is 1. The van der Waals surface area contributed by atoms with E-state index in [4.69, 9.17) is 21.4 Å². The topological polar surface area (TPSA) is 46.5 Å². The molecule has 15 heavy (non-hydrogen) atoms. The number of rotatable bonds is 4. The van der Waals surface area contributed by atoms with Gasteiger partial charge in [-0.2, -0.15) is 0 Å². The third-order valence-electron chi connectivity index (χ3n) is 1.68. The Kier molecular flexibility index (Phi) is 4.42. The van der Waals surface area contributed by atoms with Crippen LogP contribution in [-0.4, -0.2) is 17.2 Å². The number of carbonyl (C=O) groups is 1. The second-order valence-corrected chi connectivity index (χ2v) is 4.39. The molecule has 0 aliphatic rings. The van der Waals surface area contributed by atoms with E-state index in [9.17, 15) is 4.79 Å². The van der Waals surface area contributed by atoms with Crippen molar-refractivity contribution in [3.8, 4) is 5.75 Å². The highest BCUT2D eigenvalue weighted by molar-refractivity contribution is 9.10. The summed E-state index contributed by atoms with van der Waals surface area (Å²) >= 11 is 9.04. The summed E-state index contributed by atoms with van der Waals surface area (Å²) < 4.78 is 6.14. The van der Waals surface area contributed by atoms with Crippen LogP contribution >= 0.6 is 27.5 Å². The Bertz CT molecular complexity index is 368. The monoisotopic (exact) mass is 292 g/mol. The van der Waals surface area contributed by atoms with Crippen molar-refractivity contribution in [2.24, 2.45) is 0 Å². The van der Waals surface area contributed by atoms with Crippen molar-refractivity contribution in [2.75, 3.05) is 0 Å². The second kappa shape index (κ2) is 5.37. The predicted molar refractivity (Wildman–Crippen MR) is 61.5 cm³/mol. The average Bonchev–Trinajstić information content (AvgIpc) is 2.08. The predicted octanol–water partition coefficient (Wildman–Crippen LogP) is 3.34. The van der Waals surface area contributed by atoms with Crippen LogP contribution < -0.4 is 4.74 Å². The molecule has 0 bridgehead atoms. The molecule has 5 heteroatoms. The summed E-state index contributed by atoms with van der Waals surface area (Å²) in [6, 6.07) is 5.09. The van der Waals surface area contributed by atoms with Crippen molar-refractivity contribution < 1.29 is 14.6 Å². The molecule has 0 saturated heterocycles. The molecule has 1 atom stereocenters. The normalized spacial score (nSPS) is 12.2. The van der Waals surface area contributed by atoms with Crippen molar-refractivity contribution in [1.82, 2.24) is 0 Å². The van der Waals surface area contributed by atoms with Crippen molar-refractivity contribution in [3.05, 3.63) is 27.7 Å². The molecule has 0 spiro atoms. The molecule has 0 aliphatic carbocycles. The lowest BCUT2D eigenvalue weighted by molar-refractivity contribution is -0.138. The van der Waals surface area contributed by atoms with E-state index in [0.29, 0.717) is 15.2 Å². The van der Waals surface area contributed by atoms with Crippen molar-refractivity contribution >= 4 is 33.5 Å². The minimum Gasteiger partial charge on any atom is -0.489 e. The molecule has 0 fully saturated rings. The van der Waals surface area contributed by atoms with E-state index in [1.807, 2.05) is 0 Å². The molecule has 0 unspecified atom stereocenters. The average molecular weight is 294 g/mol. The summed E-state index contributed by atoms with van der Waals surface area (Å²) in [5.41, 5.74) is 0. The van der Waals surface area contributed by atoms with Gasteiger partial charge in [0.2, 0.25) is 0 Å². The lowest BCUT2D eigenvalue weighted by atomic mass is 10.3. The molecule has 1 N–H and O–H groups in total. The van der Waals surface area contributed by atoms with Gasteiger partial charge in [-0.25, -0.2) is 0 Å². The van der Waals surface area contributed by atoms with Gasteiger partial charge < -0.3 is 9.84 Å². The molecule has 0 heterocycles. The second-order valence-electron chi connectivity index (χ2n) is 3.10. The van der Waals surface area contributed by atoms with Gasteiger partial charge in [0.15, 0.2) is 0 Å². The summed E-state index contributed by atoms with van der Waals surface area (Å²) in [5.74, 6) is -0.291. The first kappa shape index (κ1) is 12.3. The van der Waals surface area contributed by atoms with Gasteiger partial charge in [0.05, 0.1) is 10.9 Å². The first-order valence-corrected chi connectivity index (χ1v) is 5.49. The molecular formula is C10H10BrClO3. The molecule has 1 aromatic carbocycles. The van der Waals surface area contributed by atoms with Crippen LogP contribution in [0.25, 0.3) is 0 Å². The highest BCUT2D eigenvalue weighted by atomic mass is 79.9. The third-order valence-corrected chi connectivity index (χ3v) is 2.54. The fraction of sp³-hybridized carbons (Fsp3) is 0.300. The molecule has 0 saturated carbocycles. The Balaban J connectivity index is 2.68. The highest BCUT2D eigenvalue weighted by Gasteiger charge is 2.11. The summed E-state index contributed by atoms with van der Waals surface area (Å²) in [5, 5.41) is 9.16. The van der Waals surface area contributed by atoms with Crippen LogP contribution in [0.1, 0.15) is 13.3 Å². The quantitative estimate of drug-likeness (QED) is 0.926. The third kappa shape index (κ3) is 4.10. The lowest BCUT2D eigenvalue weighted by Gasteiger charge is -2.13. The van der Waals surface area contributed by atoms with Crippen LogP contribution in [0, 0.1) is 0 Å². The van der Waals surface area contributed by atoms with E-state index in [1.54, 1.807) is 25.1 Å². The molecule has 0 radical (unpaired) electrons. The molecule has 0 aromatic heterocycles. The van der Waals surface area contributed by atoms with Gasteiger partial charge in [-0.15, -0.1) is 0 Å². The lowest BCUT2D eigenvalue weighted by Crippen LogP contribution is -2.16. The van der Waals surface area contributed by atoms with Crippen LogP contribution in [0.5, 0.6) is 5.75 Å². The Morgan fingerprint density at radius 2 is 2.33 bits per heavy atom. The van der Waals surface area contributed by atoms with Crippen LogP contribution in [-0.2, 0) is 4.79 Å². The largest absolute Gasteiger partial charge is 0.489 e. The number of hydrogen-bond acceptors (Lipinski definition) is 2. The van der Waals surface area contributed by atoms with E-state index in [1.165, 1.54) is 0 Å². The summed E-state index contributed by atoms with van der Waals surface area (Å²) in [4.78, 5) is 10.4. The van der Waals surface area contributed by atoms with Crippen molar-refractivity contribution in [3.63, 3.8) is 0 Å². The van der Waals surface area contributed by atoms with Crippen LogP contribution in [0.2, 0.25) is 5.02 Å². The highest BCUT2D eigenvalue weighted by Crippen LogP contribution is 2.28. The van der Waals surface area contributed by atoms with Gasteiger partial charge in [0.1, 0.15) is 11.9 Å². The zero-order valence-corrected chi connectivity index (χ0v) is 10.4. The van der Waals surface area contributed by atoms with Crippen LogP contribution in [0.4, 0.5) is 0 Å². The maximum absolute atomic E-state index is 10.4. The van der Waals surface area contributed by atoms with E-state index >= 15 is 0 Å². The number of benzene rings is 1. The summed E-state index contributed by atoms with van der Waals surface area (Å²) in [6.07, 6.45) is -0.408. The van der Waals surface area contributed by atoms with E-state index in [2.05, 4.69) is 15.9 Å². The maximum atomic E-state index is 10.4. The van der Waals surface area contributed by atoms with Crippen molar-refractivity contribution in [2.45, 2.75) is 19.4 Å². The van der Waals surface area contributed by atoms with Gasteiger partial charge >= 0.3 is 5.97 Å². The van der Waals surface area contributed by atoms with Gasteiger partial charge in [-0.1, -0.05) is 11.6 Å². The SMILES string of the molecule is C[C@H](CC(=O)O)Oc1ccc(Cl)cc1Br. The summed E-state index contributed by atoms with van der Waals surface area (Å²) in [7, 11) is 0. The molecule has 1 aromatic rings. The smallest absolute Gasteiger partial charge is 0.307 e. The standard InChI is InChI=1S/C10H10BrClO3/c1-6(4-10(13)14)15-9-3-2-7(12)5-8(9)11/h2-3,5-6H,4H2,1H3,(H,13,14)/t6-/m1/s1. The van der Waals surface area contributed by atoms with Crippen molar-refractivity contribution in [1.29, 1.82) is 0 Å². The Morgan fingerprint density at radius 1 is 1.67 bits per heavy atom. The maximum Gasteiger partial charge on any atom is 0.307 e. The molecular weight excluding hydrogens is 283 g/mol. The molecule has 82 valence electrons. The number of aliphatic carboxylic acids is 1. The minimum atomic E-state index is -0.882. The number of carboxylic acids is 1.